The van der Waals surface area contributed by atoms with Crippen molar-refractivity contribution in [1.29, 1.82) is 0 Å². The lowest BCUT2D eigenvalue weighted by molar-refractivity contribution is 0.140. The van der Waals surface area contributed by atoms with Crippen LogP contribution in [0, 0.1) is 5.41 Å². The molecule has 5 rings (SSSR count). The zero-order valence-corrected chi connectivity index (χ0v) is 17.2. The first-order valence-corrected chi connectivity index (χ1v) is 10.1. The fraction of sp³-hybridized carbons (Fsp3) is 0.409. The first-order chi connectivity index (χ1) is 14.3. The largest absolute Gasteiger partial charge is 0.507 e. The van der Waals surface area contributed by atoms with Crippen molar-refractivity contribution in [2.24, 2.45) is 5.41 Å². The van der Waals surface area contributed by atoms with E-state index in [9.17, 15) is 5.11 Å². The average Bonchev–Trinajstić information content (AvgIpc) is 3.41. The molecule has 0 unspecified atom stereocenters. The first kappa shape index (κ1) is 19.0. The van der Waals surface area contributed by atoms with Gasteiger partial charge in [0, 0.05) is 48.6 Å². The number of anilines is 1. The highest BCUT2D eigenvalue weighted by Gasteiger charge is 2.63. The second-order valence-electron chi connectivity index (χ2n) is 9.01. The van der Waals surface area contributed by atoms with E-state index in [1.165, 1.54) is 0 Å². The van der Waals surface area contributed by atoms with Gasteiger partial charge in [-0.15, -0.1) is 10.2 Å². The molecule has 1 aromatic carbocycles. The van der Waals surface area contributed by atoms with Gasteiger partial charge in [-0.05, 0) is 37.6 Å². The summed E-state index contributed by atoms with van der Waals surface area (Å²) >= 11 is 0. The molecule has 0 radical (unpaired) electrons. The Morgan fingerprint density at radius 2 is 2.07 bits per heavy atom. The molecule has 4 atom stereocenters. The molecular formula is C22H25FN6O. The average molecular weight is 408 g/mol. The fourth-order valence-electron chi connectivity index (χ4n) is 5.25. The number of benzene rings is 1. The minimum absolute atomic E-state index is 0.111. The SMILES string of the molecule is CN(c1ccc(-c2ccc(-n3ccnc3)cc2O)nn1)[C@H]1[C@@H](F)[C@@]2(C)C[C@]1(C)CN2. The zero-order chi connectivity index (χ0) is 21.1. The standard InChI is InChI=1S/C22H25FN6O/c1-21-11-22(2,25-12-21)19(23)20(21)28(3)18-7-6-16(26-27-18)15-5-4-14(10-17(15)30)29-9-8-24-13-29/h4-10,13,19-20,25,30H,11-12H2,1-3H3/t19-,20+,21-,22-/m1/s1. The van der Waals surface area contributed by atoms with E-state index in [0.29, 0.717) is 17.1 Å². The molecule has 1 saturated carbocycles. The molecule has 0 spiro atoms. The summed E-state index contributed by atoms with van der Waals surface area (Å²) in [5.74, 6) is 0.735. The van der Waals surface area contributed by atoms with E-state index in [1.807, 2.05) is 47.8 Å². The summed E-state index contributed by atoms with van der Waals surface area (Å²) in [7, 11) is 1.88. The number of aromatic hydroxyl groups is 1. The number of nitrogens with one attached hydrogen (secondary N) is 1. The highest BCUT2D eigenvalue weighted by atomic mass is 19.1. The molecule has 30 heavy (non-hydrogen) atoms. The Kier molecular flexibility index (Phi) is 4.12. The van der Waals surface area contributed by atoms with Gasteiger partial charge in [-0.25, -0.2) is 9.37 Å². The number of phenolic OH excluding ortho intramolecular Hbond substituents is 1. The number of piperidine rings is 1. The van der Waals surface area contributed by atoms with E-state index in [-0.39, 0.29) is 17.2 Å². The van der Waals surface area contributed by atoms with Crippen LogP contribution in [0.15, 0.2) is 49.1 Å². The third-order valence-corrected chi connectivity index (χ3v) is 6.76. The molecule has 1 aliphatic carbocycles. The minimum atomic E-state index is -0.984. The lowest BCUT2D eigenvalue weighted by atomic mass is 9.84. The number of aromatic nitrogens is 4. The number of hydrogen-bond donors (Lipinski definition) is 2. The van der Waals surface area contributed by atoms with E-state index in [4.69, 9.17) is 0 Å². The van der Waals surface area contributed by atoms with E-state index in [1.54, 1.807) is 24.7 Å². The van der Waals surface area contributed by atoms with Crippen molar-refractivity contribution < 1.29 is 9.50 Å². The summed E-state index contributed by atoms with van der Waals surface area (Å²) in [6.45, 7) is 4.89. The Balaban J connectivity index is 1.40. The van der Waals surface area contributed by atoms with E-state index >= 15 is 4.39 Å². The molecule has 2 bridgehead atoms. The number of phenols is 1. The van der Waals surface area contributed by atoms with Crippen LogP contribution in [0.1, 0.15) is 20.3 Å². The molecule has 7 nitrogen and oxygen atoms in total. The van der Waals surface area contributed by atoms with Crippen LogP contribution in [-0.2, 0) is 0 Å². The number of fused-ring (bicyclic) bond motifs is 2. The molecule has 2 fully saturated rings. The Morgan fingerprint density at radius 3 is 2.67 bits per heavy atom. The number of rotatable bonds is 4. The van der Waals surface area contributed by atoms with Crippen LogP contribution in [0.4, 0.5) is 10.2 Å². The third-order valence-electron chi connectivity index (χ3n) is 6.76. The van der Waals surface area contributed by atoms with Crippen LogP contribution in [-0.4, -0.2) is 56.2 Å². The van der Waals surface area contributed by atoms with Gasteiger partial charge >= 0.3 is 0 Å². The Morgan fingerprint density at radius 1 is 1.23 bits per heavy atom. The van der Waals surface area contributed by atoms with Crippen LogP contribution in [0.3, 0.4) is 0 Å². The lowest BCUT2D eigenvalue weighted by Gasteiger charge is -2.42. The van der Waals surface area contributed by atoms with Crippen molar-refractivity contribution in [2.45, 2.75) is 38.0 Å². The Labute approximate surface area is 174 Å². The van der Waals surface area contributed by atoms with Gasteiger partial charge < -0.3 is 19.9 Å². The van der Waals surface area contributed by atoms with Gasteiger partial charge in [0.25, 0.3) is 0 Å². The Bertz CT molecular complexity index is 1070. The third kappa shape index (κ3) is 2.78. The summed E-state index contributed by atoms with van der Waals surface area (Å²) in [5, 5.41) is 22.5. The van der Waals surface area contributed by atoms with Gasteiger partial charge in [-0.3, -0.25) is 0 Å². The molecule has 1 saturated heterocycles. The van der Waals surface area contributed by atoms with Crippen molar-refractivity contribution in [3.05, 3.63) is 49.1 Å². The second-order valence-corrected chi connectivity index (χ2v) is 9.01. The molecule has 2 aromatic heterocycles. The topological polar surface area (TPSA) is 79.1 Å². The summed E-state index contributed by atoms with van der Waals surface area (Å²) in [5.41, 5.74) is 1.33. The highest BCUT2D eigenvalue weighted by Crippen LogP contribution is 2.52. The van der Waals surface area contributed by atoms with Gasteiger partial charge in [-0.2, -0.15) is 0 Å². The molecule has 156 valence electrons. The minimum Gasteiger partial charge on any atom is -0.507 e. The normalized spacial score (nSPS) is 30.0. The number of hydrogen-bond acceptors (Lipinski definition) is 6. The fourth-order valence-corrected chi connectivity index (χ4v) is 5.25. The summed E-state index contributed by atoms with van der Waals surface area (Å²) in [6, 6.07) is 8.74. The predicted octanol–water partition coefficient (Wildman–Crippen LogP) is 2.95. The van der Waals surface area contributed by atoms with E-state index in [2.05, 4.69) is 27.4 Å². The molecule has 0 amide bonds. The molecule has 2 aliphatic rings. The van der Waals surface area contributed by atoms with Crippen molar-refractivity contribution in [3.63, 3.8) is 0 Å². The van der Waals surface area contributed by atoms with Crippen LogP contribution in [0.25, 0.3) is 16.9 Å². The number of halogens is 1. The monoisotopic (exact) mass is 408 g/mol. The van der Waals surface area contributed by atoms with Crippen molar-refractivity contribution in [2.75, 3.05) is 18.5 Å². The molecule has 3 aromatic rings. The summed E-state index contributed by atoms with van der Waals surface area (Å²) in [6.07, 6.45) is 4.98. The van der Waals surface area contributed by atoms with Gasteiger partial charge in [0.2, 0.25) is 0 Å². The first-order valence-electron chi connectivity index (χ1n) is 10.1. The number of nitrogens with zero attached hydrogens (tertiary/aromatic N) is 5. The predicted molar refractivity (Wildman–Crippen MR) is 112 cm³/mol. The smallest absolute Gasteiger partial charge is 0.151 e. The number of imidazole rings is 1. The summed E-state index contributed by atoms with van der Waals surface area (Å²) < 4.78 is 17.0. The van der Waals surface area contributed by atoms with Crippen molar-refractivity contribution >= 4 is 5.82 Å². The quantitative estimate of drug-likeness (QED) is 0.691. The van der Waals surface area contributed by atoms with E-state index < -0.39 is 11.7 Å². The molecule has 2 N–H and O–H groups in total. The maximum absolute atomic E-state index is 15.2. The van der Waals surface area contributed by atoms with Crippen LogP contribution >= 0.6 is 0 Å². The molecular weight excluding hydrogens is 383 g/mol. The molecule has 8 heteroatoms. The zero-order valence-electron chi connectivity index (χ0n) is 17.2. The molecule has 1 aliphatic heterocycles. The van der Waals surface area contributed by atoms with Crippen molar-refractivity contribution in [3.8, 4) is 22.7 Å². The summed E-state index contributed by atoms with van der Waals surface area (Å²) in [4.78, 5) is 5.93. The van der Waals surface area contributed by atoms with Crippen LogP contribution in [0.2, 0.25) is 0 Å². The lowest BCUT2D eigenvalue weighted by Crippen LogP contribution is -2.59. The van der Waals surface area contributed by atoms with Gasteiger partial charge in [0.15, 0.2) is 5.82 Å². The molecule has 3 heterocycles. The highest BCUT2D eigenvalue weighted by molar-refractivity contribution is 5.69. The maximum Gasteiger partial charge on any atom is 0.151 e. The second kappa shape index (κ2) is 6.50. The number of alkyl halides is 1. The van der Waals surface area contributed by atoms with Crippen LogP contribution < -0.4 is 10.2 Å². The van der Waals surface area contributed by atoms with Gasteiger partial charge in [0.1, 0.15) is 11.9 Å². The van der Waals surface area contributed by atoms with Crippen molar-refractivity contribution in [1.82, 2.24) is 25.1 Å². The van der Waals surface area contributed by atoms with E-state index in [0.717, 1.165) is 18.7 Å². The maximum atomic E-state index is 15.2. The van der Waals surface area contributed by atoms with Crippen LogP contribution in [0.5, 0.6) is 5.75 Å². The van der Waals surface area contributed by atoms with Gasteiger partial charge in [0.05, 0.1) is 23.8 Å². The Hall–Kier alpha value is -3.00. The van der Waals surface area contributed by atoms with Gasteiger partial charge in [-0.1, -0.05) is 6.92 Å².